The van der Waals surface area contributed by atoms with E-state index in [4.69, 9.17) is 10.8 Å². The average Bonchev–Trinajstić information content (AvgIpc) is 2.02. The van der Waals surface area contributed by atoms with Crippen LogP contribution in [-0.2, 0) is 9.59 Å². The van der Waals surface area contributed by atoms with Gasteiger partial charge in [-0.25, -0.2) is 0 Å². The maximum absolute atomic E-state index is 11.2. The van der Waals surface area contributed by atoms with Gasteiger partial charge in [-0.05, 0) is 5.92 Å². The Balaban J connectivity index is 3.54. The highest BCUT2D eigenvalue weighted by Gasteiger charge is 2.12. The molecular weight excluding hydrogens is 202 g/mol. The van der Waals surface area contributed by atoms with Gasteiger partial charge in [0.1, 0.15) is 11.8 Å². The van der Waals surface area contributed by atoms with Gasteiger partial charge in [0, 0.05) is 12.2 Å². The molecule has 5 heteroatoms. The Morgan fingerprint density at radius 1 is 1.43 bits per heavy atom. The number of hydrogen-bond donors (Lipinski definition) is 2. The van der Waals surface area contributed by atoms with Crippen LogP contribution in [0.2, 0.25) is 0 Å². The molecular formula is C9H17NO3S. The molecule has 0 aromatic carbocycles. The zero-order valence-corrected chi connectivity index (χ0v) is 9.34. The number of rotatable bonds is 7. The second-order valence-corrected chi connectivity index (χ2v) is 4.63. The van der Waals surface area contributed by atoms with Crippen molar-refractivity contribution >= 4 is 23.5 Å². The summed E-state index contributed by atoms with van der Waals surface area (Å²) >= 11 is 1.28. The third-order valence-electron chi connectivity index (χ3n) is 1.51. The molecule has 0 fully saturated rings. The first kappa shape index (κ1) is 13.4. The summed E-state index contributed by atoms with van der Waals surface area (Å²) in [4.78, 5) is 21.5. The molecule has 0 unspecified atom stereocenters. The first-order valence-electron chi connectivity index (χ1n) is 4.51. The van der Waals surface area contributed by atoms with Gasteiger partial charge in [0.25, 0.3) is 0 Å². The normalized spacial score (nSPS) is 12.9. The smallest absolute Gasteiger partial charge is 0.321 e. The van der Waals surface area contributed by atoms with Crippen molar-refractivity contribution in [2.75, 3.05) is 11.5 Å². The number of hydrogen-bond acceptors (Lipinski definition) is 4. The van der Waals surface area contributed by atoms with Crippen molar-refractivity contribution in [3.63, 3.8) is 0 Å². The molecule has 14 heavy (non-hydrogen) atoms. The highest BCUT2D eigenvalue weighted by Crippen LogP contribution is 2.07. The minimum Gasteiger partial charge on any atom is -0.480 e. The third kappa shape index (κ3) is 6.91. The molecule has 0 spiro atoms. The van der Waals surface area contributed by atoms with Crippen LogP contribution in [0.5, 0.6) is 0 Å². The number of carbonyl (C=O) groups is 2. The van der Waals surface area contributed by atoms with Crippen LogP contribution in [0.15, 0.2) is 0 Å². The minimum atomic E-state index is -1.02. The van der Waals surface area contributed by atoms with E-state index in [9.17, 15) is 9.59 Å². The van der Waals surface area contributed by atoms with Crippen molar-refractivity contribution in [1.29, 1.82) is 0 Å². The van der Waals surface area contributed by atoms with Crippen LogP contribution in [0, 0.1) is 5.92 Å². The van der Waals surface area contributed by atoms with Crippen LogP contribution >= 0.6 is 11.8 Å². The molecule has 0 bridgehead atoms. The zero-order valence-electron chi connectivity index (χ0n) is 8.53. The summed E-state index contributed by atoms with van der Waals surface area (Å²) in [6, 6.07) is -0.869. The summed E-state index contributed by atoms with van der Waals surface area (Å²) < 4.78 is 0. The molecule has 82 valence electrons. The Bertz CT molecular complexity index is 206. The predicted molar refractivity (Wildman–Crippen MR) is 57.4 cm³/mol. The van der Waals surface area contributed by atoms with Crippen LogP contribution in [0.3, 0.4) is 0 Å². The summed E-state index contributed by atoms with van der Waals surface area (Å²) in [5.74, 6) is 0.144. The van der Waals surface area contributed by atoms with Crippen LogP contribution in [0.1, 0.15) is 20.3 Å². The molecule has 1 atom stereocenters. The first-order chi connectivity index (χ1) is 6.43. The molecule has 0 amide bonds. The van der Waals surface area contributed by atoms with Gasteiger partial charge in [0.2, 0.25) is 0 Å². The third-order valence-corrected chi connectivity index (χ3v) is 2.63. The van der Waals surface area contributed by atoms with Crippen LogP contribution in [0.4, 0.5) is 0 Å². The van der Waals surface area contributed by atoms with Crippen molar-refractivity contribution < 1.29 is 14.7 Å². The lowest BCUT2D eigenvalue weighted by Crippen LogP contribution is -2.32. The van der Waals surface area contributed by atoms with E-state index in [0.29, 0.717) is 23.8 Å². The molecule has 0 heterocycles. The molecule has 0 aromatic rings. The Hall–Kier alpha value is -0.550. The highest BCUT2D eigenvalue weighted by molar-refractivity contribution is 8.00. The van der Waals surface area contributed by atoms with E-state index in [1.807, 2.05) is 13.8 Å². The molecule has 3 N–H and O–H groups in total. The van der Waals surface area contributed by atoms with Crippen molar-refractivity contribution in [3.8, 4) is 0 Å². The highest BCUT2D eigenvalue weighted by atomic mass is 32.2. The van der Waals surface area contributed by atoms with E-state index in [-0.39, 0.29) is 5.78 Å². The van der Waals surface area contributed by atoms with Crippen molar-refractivity contribution in [3.05, 3.63) is 0 Å². The van der Waals surface area contributed by atoms with Crippen LogP contribution in [0.25, 0.3) is 0 Å². The fourth-order valence-electron chi connectivity index (χ4n) is 0.885. The average molecular weight is 219 g/mol. The standard InChI is InChI=1S/C9H17NO3S/c1-6(2)3-7(11)4-14-5-8(10)9(12)13/h6,8H,3-5,10H2,1-2H3,(H,12,13)/t8-/m0/s1. The van der Waals surface area contributed by atoms with E-state index >= 15 is 0 Å². The fourth-order valence-corrected chi connectivity index (χ4v) is 1.75. The number of carboxylic acids is 1. The zero-order chi connectivity index (χ0) is 11.1. The second-order valence-electron chi connectivity index (χ2n) is 3.60. The number of carbonyl (C=O) groups excluding carboxylic acids is 1. The molecule has 0 aliphatic rings. The molecule has 0 radical (unpaired) electrons. The number of carboxylic acid groups (broad SMARTS) is 1. The monoisotopic (exact) mass is 219 g/mol. The number of Topliss-reactive ketones (excluding diaryl/α,β-unsaturated/α-hetero) is 1. The molecule has 0 aromatic heterocycles. The van der Waals surface area contributed by atoms with Gasteiger partial charge < -0.3 is 10.8 Å². The molecule has 0 rings (SSSR count). The van der Waals surface area contributed by atoms with Gasteiger partial charge in [0.05, 0.1) is 5.75 Å². The number of nitrogens with two attached hydrogens (primary N) is 1. The maximum atomic E-state index is 11.2. The van der Waals surface area contributed by atoms with E-state index in [1.54, 1.807) is 0 Å². The lowest BCUT2D eigenvalue weighted by atomic mass is 10.1. The summed E-state index contributed by atoms with van der Waals surface area (Å²) in [5, 5.41) is 8.47. The van der Waals surface area contributed by atoms with Crippen molar-refractivity contribution in [2.45, 2.75) is 26.3 Å². The van der Waals surface area contributed by atoms with E-state index in [1.165, 1.54) is 11.8 Å². The maximum Gasteiger partial charge on any atom is 0.321 e. The van der Waals surface area contributed by atoms with Crippen LogP contribution < -0.4 is 5.73 Å². The Kier molecular flexibility index (Phi) is 6.57. The predicted octanol–water partition coefficient (Wildman–Crippen LogP) is 0.747. The van der Waals surface area contributed by atoms with Gasteiger partial charge in [0.15, 0.2) is 0 Å². The van der Waals surface area contributed by atoms with Gasteiger partial charge in [-0.1, -0.05) is 13.8 Å². The molecule has 0 aliphatic carbocycles. The first-order valence-corrected chi connectivity index (χ1v) is 5.66. The Morgan fingerprint density at radius 3 is 2.43 bits per heavy atom. The van der Waals surface area contributed by atoms with Crippen LogP contribution in [-0.4, -0.2) is 34.4 Å². The van der Waals surface area contributed by atoms with Gasteiger partial charge in [-0.2, -0.15) is 11.8 Å². The fraction of sp³-hybridized carbons (Fsp3) is 0.778. The second kappa shape index (κ2) is 6.84. The summed E-state index contributed by atoms with van der Waals surface area (Å²) in [5.41, 5.74) is 5.27. The lowest BCUT2D eigenvalue weighted by molar-refractivity contribution is -0.137. The van der Waals surface area contributed by atoms with E-state index in [0.717, 1.165) is 0 Å². The quantitative estimate of drug-likeness (QED) is 0.660. The van der Waals surface area contributed by atoms with Gasteiger partial charge in [-0.3, -0.25) is 9.59 Å². The van der Waals surface area contributed by atoms with Crippen molar-refractivity contribution in [2.24, 2.45) is 11.7 Å². The summed E-state index contributed by atoms with van der Waals surface area (Å²) in [7, 11) is 0. The lowest BCUT2D eigenvalue weighted by Gasteiger charge is -2.06. The summed E-state index contributed by atoms with van der Waals surface area (Å²) in [6.45, 7) is 3.96. The molecule has 0 saturated carbocycles. The minimum absolute atomic E-state index is 0.155. The van der Waals surface area contributed by atoms with Crippen molar-refractivity contribution in [1.82, 2.24) is 0 Å². The Morgan fingerprint density at radius 2 is 2.00 bits per heavy atom. The largest absolute Gasteiger partial charge is 0.480 e. The summed E-state index contributed by atoms with van der Waals surface area (Å²) in [6.07, 6.45) is 0.551. The molecule has 0 aliphatic heterocycles. The molecule has 0 saturated heterocycles. The van der Waals surface area contributed by atoms with Gasteiger partial charge in [-0.15, -0.1) is 0 Å². The van der Waals surface area contributed by atoms with E-state index < -0.39 is 12.0 Å². The number of thioether (sulfide) groups is 1. The topological polar surface area (TPSA) is 80.4 Å². The van der Waals surface area contributed by atoms with E-state index in [2.05, 4.69) is 0 Å². The number of ketones is 1. The number of aliphatic carboxylic acids is 1. The van der Waals surface area contributed by atoms with Gasteiger partial charge >= 0.3 is 5.97 Å². The SMILES string of the molecule is CC(C)CC(=O)CSC[C@H](N)C(=O)O. The Labute approximate surface area is 88.2 Å². The molecule has 4 nitrogen and oxygen atoms in total.